The first-order valence-electron chi connectivity index (χ1n) is 10.6. The van der Waals surface area contributed by atoms with Crippen LogP contribution in [-0.4, -0.2) is 56.1 Å². The van der Waals surface area contributed by atoms with Gasteiger partial charge in [0.05, 0.1) is 29.8 Å². The van der Waals surface area contributed by atoms with Crippen molar-refractivity contribution in [2.75, 3.05) is 23.3 Å². The van der Waals surface area contributed by atoms with Crippen molar-refractivity contribution in [3.05, 3.63) is 48.1 Å². The largest absolute Gasteiger partial charge is 0.444 e. The number of pyridine rings is 1. The van der Waals surface area contributed by atoms with E-state index in [1.165, 1.54) is 22.9 Å². The first-order valence-corrected chi connectivity index (χ1v) is 10.6. The topological polar surface area (TPSA) is 114 Å². The number of carbonyl (C=O) groups excluding carboxylic acids is 2. The van der Waals surface area contributed by atoms with Gasteiger partial charge in [0.15, 0.2) is 11.5 Å². The van der Waals surface area contributed by atoms with Crippen molar-refractivity contribution in [2.24, 2.45) is 0 Å². The number of hydrogen-bond acceptors (Lipinski definition) is 7. The Balaban J connectivity index is 1.36. The molecule has 0 aromatic carbocycles. The number of nitrogens with zero attached hydrogens (tertiary/aromatic N) is 5. The fraction of sp³-hybridized carbons (Fsp3) is 0.409. The number of amides is 2. The quantitative estimate of drug-likeness (QED) is 0.622. The van der Waals surface area contributed by atoms with Crippen LogP contribution in [0.2, 0.25) is 0 Å². The number of halogens is 1. The van der Waals surface area contributed by atoms with Crippen LogP contribution >= 0.6 is 0 Å². The maximum absolute atomic E-state index is 14.2. The normalized spacial score (nSPS) is 16.2. The van der Waals surface area contributed by atoms with Crippen molar-refractivity contribution in [1.29, 1.82) is 0 Å². The predicted octanol–water partition coefficient (Wildman–Crippen LogP) is 2.93. The molecule has 33 heavy (non-hydrogen) atoms. The molecular weight excluding hydrogens is 429 g/mol. The number of nitrogens with one attached hydrogen (secondary N) is 2. The summed E-state index contributed by atoms with van der Waals surface area (Å²) in [4.78, 5) is 39.1. The standard InChI is InChI=1S/C22H26FN7O3/c1-13-10-30-12-15(7-16(23)19(30)26-13)27-20(31)17-8-25-18(9-24-17)29-6-5-14(11-29)28-21(32)33-22(2,3)4/h7-10,12,14H,5-6,11H2,1-4H3,(H,27,31)(H,28,32)/t14-/m0/s1. The average Bonchev–Trinajstić information content (AvgIpc) is 3.33. The molecule has 0 bridgehead atoms. The van der Waals surface area contributed by atoms with Gasteiger partial charge in [-0.05, 0) is 34.1 Å². The fourth-order valence-corrected chi connectivity index (χ4v) is 3.61. The molecule has 3 aromatic rings. The SMILES string of the molecule is Cc1cn2cc(NC(=O)c3cnc(N4CC[C@H](NC(=O)OC(C)(C)C)C4)cn3)cc(F)c2n1. The number of ether oxygens (including phenoxy) is 1. The minimum atomic E-state index is -0.556. The van der Waals surface area contributed by atoms with Gasteiger partial charge in [0, 0.05) is 31.5 Å². The van der Waals surface area contributed by atoms with E-state index in [0.717, 1.165) is 6.42 Å². The van der Waals surface area contributed by atoms with Crippen molar-refractivity contribution in [3.8, 4) is 0 Å². The van der Waals surface area contributed by atoms with Crippen LogP contribution in [-0.2, 0) is 4.74 Å². The number of carbonyl (C=O) groups is 2. The third kappa shape index (κ3) is 5.36. The molecule has 1 atom stereocenters. The van der Waals surface area contributed by atoms with E-state index in [0.29, 0.717) is 24.6 Å². The zero-order chi connectivity index (χ0) is 23.8. The van der Waals surface area contributed by atoms with E-state index in [4.69, 9.17) is 4.74 Å². The number of alkyl carbamates (subject to hydrolysis) is 1. The number of aromatic nitrogens is 4. The monoisotopic (exact) mass is 455 g/mol. The minimum absolute atomic E-state index is 0.0683. The zero-order valence-electron chi connectivity index (χ0n) is 18.9. The molecule has 0 unspecified atom stereocenters. The molecule has 11 heteroatoms. The molecule has 1 fully saturated rings. The number of fused-ring (bicyclic) bond motifs is 1. The molecule has 4 rings (SSSR count). The van der Waals surface area contributed by atoms with Crippen molar-refractivity contribution in [1.82, 2.24) is 24.7 Å². The highest BCUT2D eigenvalue weighted by Crippen LogP contribution is 2.19. The Kier molecular flexibility index (Phi) is 5.88. The molecule has 1 aliphatic rings. The van der Waals surface area contributed by atoms with Crippen LogP contribution in [0, 0.1) is 12.7 Å². The van der Waals surface area contributed by atoms with Gasteiger partial charge in [-0.15, -0.1) is 0 Å². The summed E-state index contributed by atoms with van der Waals surface area (Å²) in [5, 5.41) is 5.49. The summed E-state index contributed by atoms with van der Waals surface area (Å²) >= 11 is 0. The molecule has 1 aliphatic heterocycles. The van der Waals surface area contributed by atoms with E-state index in [1.54, 1.807) is 19.3 Å². The second-order valence-electron chi connectivity index (χ2n) is 8.98. The lowest BCUT2D eigenvalue weighted by Crippen LogP contribution is -2.40. The van der Waals surface area contributed by atoms with E-state index in [2.05, 4.69) is 25.6 Å². The average molecular weight is 455 g/mol. The summed E-state index contributed by atoms with van der Waals surface area (Å²) in [5.41, 5.74) is 0.691. The van der Waals surface area contributed by atoms with Crippen LogP contribution in [0.15, 0.2) is 30.9 Å². The molecule has 0 saturated carbocycles. The Bertz CT molecular complexity index is 1190. The van der Waals surface area contributed by atoms with Crippen molar-refractivity contribution >= 4 is 29.2 Å². The number of aryl methyl sites for hydroxylation is 1. The fourth-order valence-electron chi connectivity index (χ4n) is 3.61. The highest BCUT2D eigenvalue weighted by Gasteiger charge is 2.27. The van der Waals surface area contributed by atoms with Gasteiger partial charge in [0.25, 0.3) is 5.91 Å². The van der Waals surface area contributed by atoms with Gasteiger partial charge in [-0.2, -0.15) is 0 Å². The van der Waals surface area contributed by atoms with Gasteiger partial charge < -0.3 is 24.7 Å². The number of anilines is 2. The molecule has 174 valence electrons. The van der Waals surface area contributed by atoms with E-state index in [1.807, 2.05) is 25.7 Å². The molecule has 4 heterocycles. The smallest absolute Gasteiger partial charge is 0.407 e. The van der Waals surface area contributed by atoms with Crippen molar-refractivity contribution < 1.29 is 18.7 Å². The Morgan fingerprint density at radius 1 is 1.21 bits per heavy atom. The Hall–Kier alpha value is -3.76. The van der Waals surface area contributed by atoms with Crippen LogP contribution in [0.25, 0.3) is 5.65 Å². The molecule has 0 aliphatic carbocycles. The summed E-state index contributed by atoms with van der Waals surface area (Å²) in [5.74, 6) is -0.442. The summed E-state index contributed by atoms with van der Waals surface area (Å²) in [6.07, 6.45) is 6.42. The summed E-state index contributed by atoms with van der Waals surface area (Å²) in [6.45, 7) is 8.45. The first-order chi connectivity index (χ1) is 15.6. The van der Waals surface area contributed by atoms with Crippen LogP contribution in [0.1, 0.15) is 43.4 Å². The van der Waals surface area contributed by atoms with Crippen LogP contribution in [0.3, 0.4) is 0 Å². The highest BCUT2D eigenvalue weighted by molar-refractivity contribution is 6.02. The number of hydrogen-bond donors (Lipinski definition) is 2. The molecule has 0 spiro atoms. The van der Waals surface area contributed by atoms with Gasteiger partial charge in [-0.25, -0.2) is 24.1 Å². The molecule has 2 N–H and O–H groups in total. The van der Waals surface area contributed by atoms with Crippen molar-refractivity contribution in [2.45, 2.75) is 45.8 Å². The van der Waals surface area contributed by atoms with E-state index in [9.17, 15) is 14.0 Å². The third-order valence-electron chi connectivity index (χ3n) is 4.99. The van der Waals surface area contributed by atoms with Gasteiger partial charge in [-0.1, -0.05) is 0 Å². The Morgan fingerprint density at radius 2 is 2.00 bits per heavy atom. The third-order valence-corrected chi connectivity index (χ3v) is 4.99. The molecule has 3 aromatic heterocycles. The van der Waals surface area contributed by atoms with Gasteiger partial charge in [0.1, 0.15) is 17.1 Å². The lowest BCUT2D eigenvalue weighted by atomic mass is 10.2. The Labute approximate surface area is 190 Å². The second-order valence-corrected chi connectivity index (χ2v) is 8.98. The van der Waals surface area contributed by atoms with Crippen molar-refractivity contribution in [3.63, 3.8) is 0 Å². The predicted molar refractivity (Wildman–Crippen MR) is 120 cm³/mol. The lowest BCUT2D eigenvalue weighted by molar-refractivity contribution is 0.0509. The molecule has 1 saturated heterocycles. The lowest BCUT2D eigenvalue weighted by Gasteiger charge is -2.22. The zero-order valence-corrected chi connectivity index (χ0v) is 18.9. The minimum Gasteiger partial charge on any atom is -0.444 e. The summed E-state index contributed by atoms with van der Waals surface area (Å²) in [6, 6.07) is 1.14. The maximum atomic E-state index is 14.2. The summed E-state index contributed by atoms with van der Waals surface area (Å²) in [7, 11) is 0. The molecule has 10 nitrogen and oxygen atoms in total. The first kappa shape index (κ1) is 22.4. The van der Waals surface area contributed by atoms with Gasteiger partial charge >= 0.3 is 6.09 Å². The van der Waals surface area contributed by atoms with Gasteiger partial charge in [-0.3, -0.25) is 4.79 Å². The maximum Gasteiger partial charge on any atom is 0.407 e. The van der Waals surface area contributed by atoms with E-state index < -0.39 is 23.4 Å². The highest BCUT2D eigenvalue weighted by atomic mass is 19.1. The van der Waals surface area contributed by atoms with Crippen LogP contribution in [0.4, 0.5) is 20.7 Å². The summed E-state index contributed by atoms with van der Waals surface area (Å²) < 4.78 is 21.0. The van der Waals surface area contributed by atoms with Crippen LogP contribution in [0.5, 0.6) is 0 Å². The van der Waals surface area contributed by atoms with E-state index >= 15 is 0 Å². The molecular formula is C22H26FN7O3. The Morgan fingerprint density at radius 3 is 2.70 bits per heavy atom. The van der Waals surface area contributed by atoms with Crippen LogP contribution < -0.4 is 15.5 Å². The number of imidazole rings is 1. The van der Waals surface area contributed by atoms with E-state index in [-0.39, 0.29) is 23.1 Å². The number of rotatable bonds is 4. The van der Waals surface area contributed by atoms with Gasteiger partial charge in [0.2, 0.25) is 0 Å². The molecule has 0 radical (unpaired) electrons. The molecule has 2 amide bonds. The second kappa shape index (κ2) is 8.64.